The van der Waals surface area contributed by atoms with Gasteiger partial charge >= 0.3 is 6.09 Å². The second kappa shape index (κ2) is 7.54. The Kier molecular flexibility index (Phi) is 5.17. The highest BCUT2D eigenvalue weighted by Crippen LogP contribution is 2.27. The lowest BCUT2D eigenvalue weighted by atomic mass is 10.0. The first-order valence-corrected chi connectivity index (χ1v) is 8.77. The fourth-order valence-corrected chi connectivity index (χ4v) is 3.10. The van der Waals surface area contributed by atoms with Gasteiger partial charge in [0.25, 0.3) is 0 Å². The molecule has 7 heteroatoms. The number of imidazole rings is 1. The number of carbonyl (C=O) groups is 2. The molecule has 2 heterocycles. The van der Waals surface area contributed by atoms with E-state index in [1.54, 1.807) is 4.90 Å². The zero-order chi connectivity index (χ0) is 19.6. The summed E-state index contributed by atoms with van der Waals surface area (Å²) in [7, 11) is 1.28. The molecule has 1 aromatic carbocycles. The maximum absolute atomic E-state index is 13.1. The number of H-pyrrole nitrogens is 1. The van der Waals surface area contributed by atoms with Crippen molar-refractivity contribution >= 4 is 28.7 Å². The molecular weight excluding hydrogens is 344 g/mol. The predicted molar refractivity (Wildman–Crippen MR) is 103 cm³/mol. The van der Waals surface area contributed by atoms with Gasteiger partial charge in [0.05, 0.1) is 23.8 Å². The third kappa shape index (κ3) is 3.65. The first kappa shape index (κ1) is 18.5. The normalized spacial score (nSPS) is 14.8. The van der Waals surface area contributed by atoms with Crippen LogP contribution in [-0.2, 0) is 9.53 Å². The molecule has 1 aliphatic heterocycles. The van der Waals surface area contributed by atoms with E-state index in [-0.39, 0.29) is 11.8 Å². The van der Waals surface area contributed by atoms with Crippen LogP contribution in [0.5, 0.6) is 0 Å². The van der Waals surface area contributed by atoms with E-state index in [2.05, 4.69) is 25.9 Å². The number of aromatic amines is 1. The average molecular weight is 366 g/mol. The topological polar surface area (TPSA) is 87.3 Å². The van der Waals surface area contributed by atoms with Crippen molar-refractivity contribution in [2.75, 3.05) is 13.7 Å². The number of aromatic nitrogens is 2. The molecule has 2 N–H and O–H groups in total. The lowest BCUT2D eigenvalue weighted by molar-refractivity contribution is -0.130. The average Bonchev–Trinajstić information content (AvgIpc) is 3.30. The van der Waals surface area contributed by atoms with Crippen LogP contribution in [0.1, 0.15) is 31.7 Å². The Labute approximate surface area is 157 Å². The highest BCUT2D eigenvalue weighted by Gasteiger charge is 2.33. The number of hydrogen-bond acceptors (Lipinski definition) is 4. The van der Waals surface area contributed by atoms with Gasteiger partial charge in [0, 0.05) is 12.1 Å². The molecular formula is C20H22N4O3. The summed E-state index contributed by atoms with van der Waals surface area (Å²) < 4.78 is 4.65. The molecule has 1 aromatic heterocycles. The van der Waals surface area contributed by atoms with E-state index in [0.29, 0.717) is 18.1 Å². The summed E-state index contributed by atoms with van der Waals surface area (Å²) in [5.41, 5.74) is 3.05. The number of fused-ring (bicyclic) bond motifs is 1. The minimum absolute atomic E-state index is 0.0905. The highest BCUT2D eigenvalue weighted by atomic mass is 16.5. The molecule has 0 saturated carbocycles. The van der Waals surface area contributed by atoms with Crippen LogP contribution in [0.4, 0.5) is 4.79 Å². The largest absolute Gasteiger partial charge is 0.453 e. The zero-order valence-corrected chi connectivity index (χ0v) is 15.6. The van der Waals surface area contributed by atoms with E-state index in [1.165, 1.54) is 7.11 Å². The molecule has 0 fully saturated rings. The molecule has 0 unspecified atom stereocenters. The second-order valence-corrected chi connectivity index (χ2v) is 6.69. The van der Waals surface area contributed by atoms with Gasteiger partial charge in [-0.15, -0.1) is 6.42 Å². The number of amides is 2. The third-order valence-electron chi connectivity index (χ3n) is 4.53. The Morgan fingerprint density at radius 2 is 2.19 bits per heavy atom. The molecule has 0 saturated heterocycles. The van der Waals surface area contributed by atoms with E-state index in [1.807, 2.05) is 38.1 Å². The molecule has 140 valence electrons. The summed E-state index contributed by atoms with van der Waals surface area (Å²) in [6, 6.07) is 4.84. The molecule has 0 radical (unpaired) electrons. The maximum atomic E-state index is 13.1. The van der Waals surface area contributed by atoms with Crippen LogP contribution in [0, 0.1) is 18.3 Å². The molecule has 0 aliphatic carbocycles. The van der Waals surface area contributed by atoms with Crippen LogP contribution in [0.2, 0.25) is 0 Å². The number of alkyl carbamates (subject to hydrolysis) is 1. The van der Waals surface area contributed by atoms with Gasteiger partial charge in [-0.1, -0.05) is 25.8 Å². The summed E-state index contributed by atoms with van der Waals surface area (Å²) in [6.07, 6.45) is 7.51. The lowest BCUT2D eigenvalue weighted by Gasteiger charge is -2.27. The molecule has 7 nitrogen and oxygen atoms in total. The van der Waals surface area contributed by atoms with Gasteiger partial charge in [0.15, 0.2) is 5.82 Å². The van der Waals surface area contributed by atoms with E-state index < -0.39 is 12.1 Å². The quantitative estimate of drug-likeness (QED) is 0.814. The summed E-state index contributed by atoms with van der Waals surface area (Å²) in [5.74, 6) is 2.92. The van der Waals surface area contributed by atoms with Crippen molar-refractivity contribution < 1.29 is 14.3 Å². The zero-order valence-electron chi connectivity index (χ0n) is 15.6. The van der Waals surface area contributed by atoms with Gasteiger partial charge in [-0.3, -0.25) is 4.79 Å². The van der Waals surface area contributed by atoms with Crippen LogP contribution in [0.25, 0.3) is 16.7 Å². The fraction of sp³-hybridized carbons (Fsp3) is 0.350. The predicted octanol–water partition coefficient (Wildman–Crippen LogP) is 2.50. The smallest absolute Gasteiger partial charge is 0.407 e. The molecule has 2 aromatic rings. The summed E-state index contributed by atoms with van der Waals surface area (Å²) in [5, 5.41) is 2.62. The monoisotopic (exact) mass is 366 g/mol. The molecule has 0 spiro atoms. The Bertz CT molecular complexity index is 952. The number of methoxy groups -OCH3 is 1. The van der Waals surface area contributed by atoms with Crippen LogP contribution >= 0.6 is 0 Å². The molecule has 2 amide bonds. The van der Waals surface area contributed by atoms with E-state index in [0.717, 1.165) is 23.0 Å². The number of nitrogens with one attached hydrogen (secondary N) is 2. The van der Waals surface area contributed by atoms with Crippen molar-refractivity contribution in [2.24, 2.45) is 5.92 Å². The fourth-order valence-electron chi connectivity index (χ4n) is 3.10. The lowest BCUT2D eigenvalue weighted by Crippen LogP contribution is -2.50. The Balaban J connectivity index is 1.89. The Hall–Kier alpha value is -3.27. The van der Waals surface area contributed by atoms with E-state index in [4.69, 9.17) is 6.42 Å². The molecule has 27 heavy (non-hydrogen) atoms. The van der Waals surface area contributed by atoms with Crippen molar-refractivity contribution in [1.82, 2.24) is 20.2 Å². The van der Waals surface area contributed by atoms with Crippen LogP contribution in [0.15, 0.2) is 24.3 Å². The standard InChI is InChI=1S/C20H22N4O3/c1-5-13-8-9-14-15(11-13)22-18(21-14)16-7-6-10-24(16)19(25)17(12(2)3)23-20(26)27-4/h1,7-9,11-12,17H,6,10H2,2-4H3,(H,21,22)(H,23,26)/t17-/m1/s1. The number of nitrogens with zero attached hydrogens (tertiary/aromatic N) is 2. The molecule has 1 atom stereocenters. The Morgan fingerprint density at radius 1 is 1.41 bits per heavy atom. The van der Waals surface area contributed by atoms with Gasteiger partial charge in [-0.25, -0.2) is 9.78 Å². The van der Waals surface area contributed by atoms with Gasteiger partial charge in [0.1, 0.15) is 6.04 Å². The van der Waals surface area contributed by atoms with Crippen molar-refractivity contribution in [3.8, 4) is 12.3 Å². The van der Waals surface area contributed by atoms with Gasteiger partial charge in [0.2, 0.25) is 5.91 Å². The number of benzene rings is 1. The van der Waals surface area contributed by atoms with Crippen molar-refractivity contribution in [3.05, 3.63) is 35.7 Å². The van der Waals surface area contributed by atoms with E-state index >= 15 is 0 Å². The number of rotatable bonds is 4. The number of ether oxygens (including phenoxy) is 1. The van der Waals surface area contributed by atoms with Crippen molar-refractivity contribution in [1.29, 1.82) is 0 Å². The van der Waals surface area contributed by atoms with Crippen molar-refractivity contribution in [3.63, 3.8) is 0 Å². The van der Waals surface area contributed by atoms with Crippen LogP contribution in [-0.4, -0.2) is 46.6 Å². The number of hydrogen-bond donors (Lipinski definition) is 2. The van der Waals surface area contributed by atoms with Crippen LogP contribution < -0.4 is 5.32 Å². The SMILES string of the molecule is C#Cc1ccc2nc(C3=CCCN3C(=O)[C@H](NC(=O)OC)C(C)C)[nH]c2c1. The third-order valence-corrected chi connectivity index (χ3v) is 4.53. The summed E-state index contributed by atoms with van der Waals surface area (Å²) in [6.45, 7) is 4.29. The number of carbonyl (C=O) groups excluding carboxylic acids is 2. The Morgan fingerprint density at radius 3 is 2.85 bits per heavy atom. The van der Waals surface area contributed by atoms with Crippen LogP contribution in [0.3, 0.4) is 0 Å². The van der Waals surface area contributed by atoms with Gasteiger partial charge in [-0.2, -0.15) is 0 Å². The molecule has 1 aliphatic rings. The number of terminal acetylenes is 1. The minimum Gasteiger partial charge on any atom is -0.453 e. The first-order chi connectivity index (χ1) is 12.9. The second-order valence-electron chi connectivity index (χ2n) is 6.69. The highest BCUT2D eigenvalue weighted by molar-refractivity contribution is 5.93. The summed E-state index contributed by atoms with van der Waals surface area (Å²) >= 11 is 0. The van der Waals surface area contributed by atoms with Gasteiger partial charge < -0.3 is 19.9 Å². The molecule has 3 rings (SSSR count). The summed E-state index contributed by atoms with van der Waals surface area (Å²) in [4.78, 5) is 34.2. The van der Waals surface area contributed by atoms with Crippen molar-refractivity contribution in [2.45, 2.75) is 26.3 Å². The minimum atomic E-state index is -0.684. The maximum Gasteiger partial charge on any atom is 0.407 e. The molecule has 0 bridgehead atoms. The van der Waals surface area contributed by atoms with Gasteiger partial charge in [-0.05, 0) is 30.5 Å². The van der Waals surface area contributed by atoms with E-state index in [9.17, 15) is 9.59 Å². The first-order valence-electron chi connectivity index (χ1n) is 8.77.